The van der Waals surface area contributed by atoms with Crippen LogP contribution in [0.15, 0.2) is 66.9 Å². The van der Waals surface area contributed by atoms with Gasteiger partial charge in [0, 0.05) is 24.3 Å². The van der Waals surface area contributed by atoms with Gasteiger partial charge in [0.15, 0.2) is 0 Å². The number of hydrogen-bond donors (Lipinski definition) is 0. The van der Waals surface area contributed by atoms with Gasteiger partial charge in [0.2, 0.25) is 0 Å². The van der Waals surface area contributed by atoms with Crippen molar-refractivity contribution in [2.24, 2.45) is 0 Å². The van der Waals surface area contributed by atoms with Crippen molar-refractivity contribution < 1.29 is 61.3 Å². The maximum absolute atomic E-state index is 10.5. The third-order valence-electron chi connectivity index (χ3n) is 3.03. The fraction of sp³-hybridized carbons (Fsp3) is 0.111. The molecule has 0 bridgehead atoms. The number of fused-ring (bicyclic) bond motifs is 1. The van der Waals surface area contributed by atoms with E-state index < -0.39 is 5.97 Å². The van der Waals surface area contributed by atoms with E-state index in [0.717, 1.165) is 22.0 Å². The zero-order chi connectivity index (χ0) is 15.1. The third kappa shape index (κ3) is 5.99. The number of nitrogens with zero attached hydrogens (tertiary/aromatic N) is 1. The third-order valence-corrected chi connectivity index (χ3v) is 3.03. The van der Waals surface area contributed by atoms with Crippen molar-refractivity contribution in [3.63, 3.8) is 0 Å². The van der Waals surface area contributed by atoms with Crippen molar-refractivity contribution in [3.8, 4) is 0 Å². The number of benzene rings is 2. The minimum absolute atomic E-state index is 0. The van der Waals surface area contributed by atoms with Crippen LogP contribution in [0.5, 0.6) is 0 Å². The minimum Gasteiger partial charge on any atom is -0.550 e. The van der Waals surface area contributed by atoms with Crippen LogP contribution >= 0.6 is 0 Å². The molecule has 0 fully saturated rings. The molecule has 0 atom stereocenters. The smallest absolute Gasteiger partial charge is 0.550 e. The van der Waals surface area contributed by atoms with Gasteiger partial charge in [-0.05, 0) is 35.4 Å². The number of aromatic nitrogens is 1. The summed E-state index contributed by atoms with van der Waals surface area (Å²) in [7, 11) is 0. The number of carboxylic acid groups (broad SMARTS) is 1. The summed E-state index contributed by atoms with van der Waals surface area (Å²) >= 11 is 0. The number of hydrogen-bond acceptors (Lipinski definition) is 3. The normalized spacial score (nSPS) is 9.32. The van der Waals surface area contributed by atoms with Gasteiger partial charge in [-0.25, -0.2) is 0 Å². The Morgan fingerprint density at radius 3 is 2.27 bits per heavy atom. The zero-order valence-electron chi connectivity index (χ0n) is 12.8. The van der Waals surface area contributed by atoms with Crippen molar-refractivity contribution in [1.29, 1.82) is 0 Å². The number of aliphatic carboxylic acids is 1. The molecule has 2 aromatic carbocycles. The molecule has 0 amide bonds. The van der Waals surface area contributed by atoms with E-state index in [9.17, 15) is 9.90 Å². The molecule has 0 spiro atoms. The van der Waals surface area contributed by atoms with Gasteiger partial charge in [-0.2, -0.15) is 0 Å². The van der Waals surface area contributed by atoms with Gasteiger partial charge in [-0.1, -0.05) is 48.5 Å². The summed E-state index contributed by atoms with van der Waals surface area (Å²) in [6.45, 7) is 1.97. The van der Waals surface area contributed by atoms with Crippen LogP contribution in [-0.2, 0) is 11.2 Å². The van der Waals surface area contributed by atoms with Crippen LogP contribution in [0.25, 0.3) is 10.8 Å². The molecule has 1 heterocycles. The summed E-state index contributed by atoms with van der Waals surface area (Å²) in [6, 6.07) is 19.2. The van der Waals surface area contributed by atoms with Crippen LogP contribution < -0.4 is 56.5 Å². The van der Waals surface area contributed by atoms with Gasteiger partial charge in [0.25, 0.3) is 0 Å². The maximum Gasteiger partial charge on any atom is 1.00 e. The van der Waals surface area contributed by atoms with Crippen LogP contribution in [0.3, 0.4) is 0 Å². The molecule has 0 unspecified atom stereocenters. The molecule has 0 aliphatic carbocycles. The molecule has 0 aliphatic heterocycles. The van der Waals surface area contributed by atoms with E-state index in [-0.39, 0.29) is 57.8 Å². The van der Waals surface area contributed by atoms with Gasteiger partial charge in [0.1, 0.15) is 0 Å². The first-order valence-electron chi connectivity index (χ1n) is 6.71. The van der Waals surface area contributed by atoms with Crippen LogP contribution in [0.1, 0.15) is 11.3 Å². The number of rotatable bonds is 2. The van der Waals surface area contributed by atoms with Crippen molar-refractivity contribution in [2.45, 2.75) is 13.3 Å². The Bertz CT molecular complexity index is 724. The van der Waals surface area contributed by atoms with Crippen molar-refractivity contribution in [2.75, 3.05) is 0 Å². The fourth-order valence-electron chi connectivity index (χ4n) is 2.05. The second kappa shape index (κ2) is 9.87. The second-order valence-electron chi connectivity index (χ2n) is 4.66. The molecule has 0 saturated heterocycles. The molecule has 3 aromatic rings. The van der Waals surface area contributed by atoms with E-state index in [1.54, 1.807) is 6.20 Å². The molecule has 1 aromatic heterocycles. The largest absolute Gasteiger partial charge is 1.00 e. The predicted octanol–water partition coefficient (Wildman–Crippen LogP) is -0.474. The molecular formula is C18H16KNO2. The summed E-state index contributed by atoms with van der Waals surface area (Å²) in [6.07, 6.45) is 1.76. The number of carbonyl (C=O) groups is 1. The van der Waals surface area contributed by atoms with Crippen molar-refractivity contribution in [3.05, 3.63) is 78.1 Å². The minimum atomic E-state index is -1.04. The second-order valence-corrected chi connectivity index (χ2v) is 4.66. The summed E-state index contributed by atoms with van der Waals surface area (Å²) < 4.78 is 0. The topological polar surface area (TPSA) is 53.0 Å². The average Bonchev–Trinajstić information content (AvgIpc) is 2.49. The van der Waals surface area contributed by atoms with Gasteiger partial charge in [-0.3, -0.25) is 4.98 Å². The van der Waals surface area contributed by atoms with E-state index >= 15 is 0 Å². The molecule has 0 aliphatic rings. The van der Waals surface area contributed by atoms with Gasteiger partial charge < -0.3 is 9.90 Å². The van der Waals surface area contributed by atoms with E-state index in [0.29, 0.717) is 0 Å². The van der Waals surface area contributed by atoms with Gasteiger partial charge in [-0.15, -0.1) is 0 Å². The molecule has 106 valence electrons. The standard InChI is InChI=1S/C12H10O2.C6H7N.K/c13-12(14)8-10-6-3-5-9-4-1-2-7-11(9)10;1-6-4-2-3-5-7-6;/h1-7H,8H2,(H,13,14);2-5H,1H3;/q;;+1/p-1. The van der Waals surface area contributed by atoms with Crippen molar-refractivity contribution in [1.82, 2.24) is 4.98 Å². The first-order valence-corrected chi connectivity index (χ1v) is 6.71. The Morgan fingerprint density at radius 1 is 1.00 bits per heavy atom. The first kappa shape index (κ1) is 19.0. The van der Waals surface area contributed by atoms with E-state index in [4.69, 9.17) is 0 Å². The summed E-state index contributed by atoms with van der Waals surface area (Å²) in [5, 5.41) is 12.5. The quantitative estimate of drug-likeness (QED) is 0.600. The fourth-order valence-corrected chi connectivity index (χ4v) is 2.05. The first-order chi connectivity index (χ1) is 10.2. The molecule has 0 saturated carbocycles. The average molecular weight is 317 g/mol. The molecule has 0 radical (unpaired) electrons. The van der Waals surface area contributed by atoms with Crippen molar-refractivity contribution >= 4 is 16.7 Å². The summed E-state index contributed by atoms with van der Waals surface area (Å²) in [5.74, 6) is -1.04. The molecular weight excluding hydrogens is 301 g/mol. The molecule has 3 nitrogen and oxygen atoms in total. The number of pyridine rings is 1. The van der Waals surface area contributed by atoms with Crippen LogP contribution in [0, 0.1) is 6.92 Å². The summed E-state index contributed by atoms with van der Waals surface area (Å²) in [4.78, 5) is 14.5. The van der Waals surface area contributed by atoms with Gasteiger partial charge >= 0.3 is 51.4 Å². The zero-order valence-corrected chi connectivity index (χ0v) is 15.9. The SMILES string of the molecule is Cc1ccccn1.O=C([O-])Cc1cccc2ccccc12.[K+]. The van der Waals surface area contributed by atoms with Gasteiger partial charge in [0.05, 0.1) is 0 Å². The number of carboxylic acids is 1. The Hall–Kier alpha value is -1.04. The van der Waals surface area contributed by atoms with E-state index in [1.807, 2.05) is 67.6 Å². The van der Waals surface area contributed by atoms with E-state index in [1.165, 1.54) is 0 Å². The molecule has 22 heavy (non-hydrogen) atoms. The van der Waals surface area contributed by atoms with Crippen LogP contribution in [0.2, 0.25) is 0 Å². The maximum atomic E-state index is 10.5. The Balaban J connectivity index is 0.000000258. The Morgan fingerprint density at radius 2 is 1.68 bits per heavy atom. The monoisotopic (exact) mass is 317 g/mol. The Labute approximate surface area is 172 Å². The molecule has 3 rings (SSSR count). The van der Waals surface area contributed by atoms with Crippen LogP contribution in [0.4, 0.5) is 0 Å². The van der Waals surface area contributed by atoms with E-state index in [2.05, 4.69) is 4.98 Å². The Kier molecular flexibility index (Phi) is 8.52. The molecule has 4 heteroatoms. The van der Waals surface area contributed by atoms with Crippen LogP contribution in [-0.4, -0.2) is 11.0 Å². The predicted molar refractivity (Wildman–Crippen MR) is 81.6 cm³/mol. The number of carbonyl (C=O) groups excluding carboxylic acids is 1. The number of aryl methyl sites for hydroxylation is 1. The summed E-state index contributed by atoms with van der Waals surface area (Å²) in [5.41, 5.74) is 1.88. The molecule has 0 N–H and O–H groups in total.